The van der Waals surface area contributed by atoms with E-state index in [9.17, 15) is 5.11 Å². The van der Waals surface area contributed by atoms with Gasteiger partial charge in [-0.05, 0) is 30.0 Å². The summed E-state index contributed by atoms with van der Waals surface area (Å²) in [5.41, 5.74) is 3.00. The second kappa shape index (κ2) is 3.26. The fourth-order valence-electron chi connectivity index (χ4n) is 1.92. The lowest BCUT2D eigenvalue weighted by molar-refractivity contribution is 0.471. The fourth-order valence-corrected chi connectivity index (χ4v) is 1.92. The molecule has 1 N–H and O–H groups in total. The standard InChI is InChI=1S/C12H16N2O/c1-7(2)9-5-8(3)11-10(12(9)15)6-14(4)13-11/h5-7,15H,1-4H3. The van der Waals surface area contributed by atoms with E-state index >= 15 is 0 Å². The molecule has 80 valence electrons. The highest BCUT2D eigenvalue weighted by Gasteiger charge is 2.14. The van der Waals surface area contributed by atoms with Gasteiger partial charge in [0, 0.05) is 13.2 Å². The molecule has 0 atom stereocenters. The summed E-state index contributed by atoms with van der Waals surface area (Å²) in [7, 11) is 1.87. The topological polar surface area (TPSA) is 38.0 Å². The van der Waals surface area contributed by atoms with E-state index in [0.717, 1.165) is 22.0 Å². The predicted octanol–water partition coefficient (Wildman–Crippen LogP) is 2.71. The van der Waals surface area contributed by atoms with E-state index in [1.165, 1.54) is 0 Å². The summed E-state index contributed by atoms with van der Waals surface area (Å²) in [6, 6.07) is 2.02. The molecule has 0 saturated heterocycles. The third-order valence-electron chi connectivity index (χ3n) is 2.72. The van der Waals surface area contributed by atoms with Crippen molar-refractivity contribution in [1.82, 2.24) is 9.78 Å². The third kappa shape index (κ3) is 1.48. The van der Waals surface area contributed by atoms with Crippen LogP contribution in [0.5, 0.6) is 5.75 Å². The molecule has 0 amide bonds. The molecular weight excluding hydrogens is 188 g/mol. The maximum atomic E-state index is 10.1. The van der Waals surface area contributed by atoms with Crippen LogP contribution < -0.4 is 0 Å². The molecule has 0 aliphatic rings. The van der Waals surface area contributed by atoms with Gasteiger partial charge in [-0.1, -0.05) is 13.8 Å². The van der Waals surface area contributed by atoms with Gasteiger partial charge >= 0.3 is 0 Å². The number of hydrogen-bond acceptors (Lipinski definition) is 2. The highest BCUT2D eigenvalue weighted by atomic mass is 16.3. The number of aryl methyl sites for hydroxylation is 2. The van der Waals surface area contributed by atoms with Crippen molar-refractivity contribution in [3.63, 3.8) is 0 Å². The Labute approximate surface area is 89.3 Å². The van der Waals surface area contributed by atoms with E-state index in [-0.39, 0.29) is 0 Å². The summed E-state index contributed by atoms with van der Waals surface area (Å²) in [5, 5.41) is 15.3. The van der Waals surface area contributed by atoms with E-state index in [4.69, 9.17) is 0 Å². The molecule has 0 radical (unpaired) electrons. The Hall–Kier alpha value is -1.51. The molecule has 1 aromatic heterocycles. The normalized spacial score (nSPS) is 11.5. The first-order valence-corrected chi connectivity index (χ1v) is 5.16. The quantitative estimate of drug-likeness (QED) is 0.775. The first-order valence-electron chi connectivity index (χ1n) is 5.16. The molecule has 0 unspecified atom stereocenters. The van der Waals surface area contributed by atoms with Crippen LogP contribution >= 0.6 is 0 Å². The fraction of sp³-hybridized carbons (Fsp3) is 0.417. The predicted molar refractivity (Wildman–Crippen MR) is 61.2 cm³/mol. The van der Waals surface area contributed by atoms with Gasteiger partial charge in [0.25, 0.3) is 0 Å². The number of phenols is 1. The maximum Gasteiger partial charge on any atom is 0.130 e. The molecular formula is C12H16N2O. The molecule has 3 nitrogen and oxygen atoms in total. The van der Waals surface area contributed by atoms with Crippen LogP contribution in [0.2, 0.25) is 0 Å². The van der Waals surface area contributed by atoms with Crippen molar-refractivity contribution in [3.8, 4) is 5.75 Å². The van der Waals surface area contributed by atoms with E-state index in [1.54, 1.807) is 4.68 Å². The lowest BCUT2D eigenvalue weighted by Crippen LogP contribution is -1.91. The molecule has 1 heterocycles. The zero-order valence-electron chi connectivity index (χ0n) is 9.57. The Balaban J connectivity index is 2.83. The smallest absolute Gasteiger partial charge is 0.130 e. The van der Waals surface area contributed by atoms with Gasteiger partial charge in [0.1, 0.15) is 5.75 Å². The van der Waals surface area contributed by atoms with Crippen molar-refractivity contribution >= 4 is 10.9 Å². The highest BCUT2D eigenvalue weighted by molar-refractivity contribution is 5.88. The first-order chi connectivity index (χ1) is 7.00. The minimum Gasteiger partial charge on any atom is -0.507 e. The lowest BCUT2D eigenvalue weighted by Gasteiger charge is -2.10. The number of nitrogens with zero attached hydrogens (tertiary/aromatic N) is 2. The number of hydrogen-bond donors (Lipinski definition) is 1. The minimum absolute atomic E-state index is 0.327. The monoisotopic (exact) mass is 204 g/mol. The summed E-state index contributed by atoms with van der Waals surface area (Å²) in [6.07, 6.45) is 1.86. The van der Waals surface area contributed by atoms with E-state index < -0.39 is 0 Å². The van der Waals surface area contributed by atoms with Crippen LogP contribution in [0, 0.1) is 6.92 Å². The number of aromatic hydroxyl groups is 1. The molecule has 0 aliphatic heterocycles. The molecule has 2 aromatic rings. The van der Waals surface area contributed by atoms with Crippen LogP contribution in [0.25, 0.3) is 10.9 Å². The number of phenolic OH excluding ortho intramolecular Hbond substituents is 1. The van der Waals surface area contributed by atoms with Gasteiger partial charge in [-0.15, -0.1) is 0 Å². The molecule has 2 rings (SSSR count). The SMILES string of the molecule is Cc1cc(C(C)C)c(O)c2cn(C)nc12. The van der Waals surface area contributed by atoms with Crippen molar-refractivity contribution in [2.75, 3.05) is 0 Å². The molecule has 3 heteroatoms. The Morgan fingerprint density at radius 2 is 2.07 bits per heavy atom. The Bertz CT molecular complexity index is 512. The maximum absolute atomic E-state index is 10.1. The summed E-state index contributed by atoms with van der Waals surface area (Å²) < 4.78 is 1.74. The Morgan fingerprint density at radius 3 is 2.67 bits per heavy atom. The summed E-state index contributed by atoms with van der Waals surface area (Å²) >= 11 is 0. The number of rotatable bonds is 1. The minimum atomic E-state index is 0.327. The second-order valence-corrected chi connectivity index (χ2v) is 4.35. The Kier molecular flexibility index (Phi) is 2.18. The van der Waals surface area contributed by atoms with Crippen LogP contribution in [-0.2, 0) is 7.05 Å². The zero-order valence-corrected chi connectivity index (χ0v) is 9.57. The van der Waals surface area contributed by atoms with E-state index in [2.05, 4.69) is 18.9 Å². The van der Waals surface area contributed by atoms with Gasteiger partial charge in [0.2, 0.25) is 0 Å². The highest BCUT2D eigenvalue weighted by Crippen LogP contribution is 2.34. The third-order valence-corrected chi connectivity index (χ3v) is 2.72. The van der Waals surface area contributed by atoms with E-state index in [0.29, 0.717) is 11.7 Å². The van der Waals surface area contributed by atoms with Gasteiger partial charge in [0.05, 0.1) is 10.9 Å². The first kappa shape index (κ1) is 10.0. The van der Waals surface area contributed by atoms with Crippen molar-refractivity contribution < 1.29 is 5.11 Å². The number of fused-ring (bicyclic) bond motifs is 1. The van der Waals surface area contributed by atoms with Gasteiger partial charge in [-0.2, -0.15) is 5.10 Å². The summed E-state index contributed by atoms with van der Waals surface area (Å²) in [5.74, 6) is 0.701. The van der Waals surface area contributed by atoms with Crippen LogP contribution in [0.3, 0.4) is 0 Å². The lowest BCUT2D eigenvalue weighted by atomic mass is 9.97. The average molecular weight is 204 g/mol. The number of benzene rings is 1. The van der Waals surface area contributed by atoms with E-state index in [1.807, 2.05) is 26.2 Å². The molecule has 15 heavy (non-hydrogen) atoms. The van der Waals surface area contributed by atoms with Gasteiger partial charge in [-0.25, -0.2) is 0 Å². The van der Waals surface area contributed by atoms with Crippen molar-refractivity contribution in [1.29, 1.82) is 0 Å². The largest absolute Gasteiger partial charge is 0.507 e. The molecule has 1 aromatic carbocycles. The molecule has 0 spiro atoms. The Morgan fingerprint density at radius 1 is 1.40 bits per heavy atom. The van der Waals surface area contributed by atoms with Gasteiger partial charge in [-0.3, -0.25) is 4.68 Å². The van der Waals surface area contributed by atoms with Crippen molar-refractivity contribution in [2.24, 2.45) is 7.05 Å². The van der Waals surface area contributed by atoms with Crippen LogP contribution in [0.4, 0.5) is 0 Å². The van der Waals surface area contributed by atoms with Crippen LogP contribution in [0.1, 0.15) is 30.9 Å². The summed E-state index contributed by atoms with van der Waals surface area (Å²) in [4.78, 5) is 0. The average Bonchev–Trinajstić information content (AvgIpc) is 2.53. The van der Waals surface area contributed by atoms with Crippen LogP contribution in [-0.4, -0.2) is 14.9 Å². The van der Waals surface area contributed by atoms with Crippen LogP contribution in [0.15, 0.2) is 12.3 Å². The second-order valence-electron chi connectivity index (χ2n) is 4.35. The molecule has 0 saturated carbocycles. The van der Waals surface area contributed by atoms with Gasteiger partial charge in [0.15, 0.2) is 0 Å². The van der Waals surface area contributed by atoms with Crippen molar-refractivity contribution in [2.45, 2.75) is 26.7 Å². The number of aromatic nitrogens is 2. The molecule has 0 aliphatic carbocycles. The zero-order chi connectivity index (χ0) is 11.2. The molecule has 0 fully saturated rings. The molecule has 0 bridgehead atoms. The summed E-state index contributed by atoms with van der Waals surface area (Å²) in [6.45, 7) is 6.19. The van der Waals surface area contributed by atoms with Crippen molar-refractivity contribution in [3.05, 3.63) is 23.4 Å². The van der Waals surface area contributed by atoms with Gasteiger partial charge < -0.3 is 5.11 Å².